The van der Waals surface area contributed by atoms with Crippen molar-refractivity contribution < 1.29 is 32.5 Å². The summed E-state index contributed by atoms with van der Waals surface area (Å²) in [4.78, 5) is 6.15. The Labute approximate surface area is 190 Å². The first-order chi connectivity index (χ1) is 15.5. The first kappa shape index (κ1) is 23.9. The molecule has 5 N–H and O–H groups in total. The summed E-state index contributed by atoms with van der Waals surface area (Å²) in [5.74, 6) is 5.92. The first-order valence-corrected chi connectivity index (χ1v) is 10.8. The van der Waals surface area contributed by atoms with Gasteiger partial charge in [-0.2, -0.15) is 13.2 Å². The predicted molar refractivity (Wildman–Crippen MR) is 114 cm³/mol. The van der Waals surface area contributed by atoms with E-state index in [4.69, 9.17) is 25.8 Å². The van der Waals surface area contributed by atoms with Crippen molar-refractivity contribution in [2.75, 3.05) is 44.4 Å². The van der Waals surface area contributed by atoms with E-state index in [0.29, 0.717) is 25.4 Å². The zero-order valence-corrected chi connectivity index (χ0v) is 18.5. The Balaban J connectivity index is 1.47. The number of halogens is 3. The summed E-state index contributed by atoms with van der Waals surface area (Å²) in [7, 11) is 0. The summed E-state index contributed by atoms with van der Waals surface area (Å²) in [6.45, 7) is 2.28. The lowest BCUT2D eigenvalue weighted by molar-refractivity contribution is -0.153. The standard InChI is InChI=1S/C21H30F3N5O4/c1-19(11-30)9-28(10-19)14-5-16(31-13-21(22,23)24)18(27-6-14)15(25)7-29(26)8-17-32-12-20(33-17)3-2-4-20/h5-7,17,30H,2-4,8-13,25-26H2,1H3/b15-7-. The summed E-state index contributed by atoms with van der Waals surface area (Å²) in [6, 6.07) is 1.47. The third-order valence-corrected chi connectivity index (χ3v) is 6.24. The van der Waals surface area contributed by atoms with Crippen LogP contribution in [0.5, 0.6) is 5.75 Å². The number of nitrogens with two attached hydrogens (primary N) is 2. The molecule has 3 fully saturated rings. The molecule has 0 bridgehead atoms. The lowest BCUT2D eigenvalue weighted by Gasteiger charge is -2.48. The number of aliphatic hydroxyl groups is 1. The second-order valence-corrected chi connectivity index (χ2v) is 9.45. The van der Waals surface area contributed by atoms with Crippen LogP contribution >= 0.6 is 0 Å². The van der Waals surface area contributed by atoms with Crippen LogP contribution in [-0.2, 0) is 9.47 Å². The normalized spacial score (nSPS) is 23.9. The molecule has 1 spiro atoms. The molecule has 2 aliphatic heterocycles. The van der Waals surface area contributed by atoms with E-state index in [1.807, 2.05) is 11.8 Å². The molecule has 1 aliphatic carbocycles. The maximum atomic E-state index is 12.8. The van der Waals surface area contributed by atoms with Crippen LogP contribution in [-0.4, -0.2) is 72.6 Å². The van der Waals surface area contributed by atoms with Gasteiger partial charge in [-0.15, -0.1) is 0 Å². The fourth-order valence-corrected chi connectivity index (χ4v) is 4.23. The van der Waals surface area contributed by atoms with E-state index in [2.05, 4.69) is 4.98 Å². The van der Waals surface area contributed by atoms with E-state index in [1.54, 1.807) is 0 Å². The van der Waals surface area contributed by atoms with Crippen LogP contribution in [0.4, 0.5) is 18.9 Å². The summed E-state index contributed by atoms with van der Waals surface area (Å²) >= 11 is 0. The van der Waals surface area contributed by atoms with Crippen LogP contribution in [0.1, 0.15) is 31.9 Å². The molecule has 3 aliphatic rings. The van der Waals surface area contributed by atoms with Gasteiger partial charge in [0.15, 0.2) is 12.9 Å². The average molecular weight is 473 g/mol. The van der Waals surface area contributed by atoms with Gasteiger partial charge in [0.25, 0.3) is 0 Å². The van der Waals surface area contributed by atoms with Gasteiger partial charge in [-0.1, -0.05) is 6.92 Å². The van der Waals surface area contributed by atoms with Gasteiger partial charge in [-0.3, -0.25) is 0 Å². The van der Waals surface area contributed by atoms with E-state index < -0.39 is 19.1 Å². The Morgan fingerprint density at radius 3 is 2.73 bits per heavy atom. The largest absolute Gasteiger partial charge is 0.482 e. The monoisotopic (exact) mass is 473 g/mol. The molecule has 1 atom stereocenters. The van der Waals surface area contributed by atoms with Gasteiger partial charge in [0.05, 0.1) is 42.9 Å². The maximum absolute atomic E-state index is 12.8. The van der Waals surface area contributed by atoms with Gasteiger partial charge in [-0.25, -0.2) is 10.8 Å². The third-order valence-electron chi connectivity index (χ3n) is 6.24. The quantitative estimate of drug-likeness (QED) is 0.382. The fourth-order valence-electron chi connectivity index (χ4n) is 4.23. The summed E-state index contributed by atoms with van der Waals surface area (Å²) < 4.78 is 55.0. The highest BCUT2D eigenvalue weighted by Crippen LogP contribution is 2.41. The van der Waals surface area contributed by atoms with Gasteiger partial charge < -0.3 is 35.0 Å². The number of pyridine rings is 1. The molecule has 4 rings (SSSR count). The minimum atomic E-state index is -4.52. The molecule has 33 heavy (non-hydrogen) atoms. The Kier molecular flexibility index (Phi) is 6.38. The number of rotatable bonds is 8. The average Bonchev–Trinajstić information content (AvgIpc) is 3.13. The predicted octanol–water partition coefficient (Wildman–Crippen LogP) is 1.57. The number of hydrogen-bond donors (Lipinski definition) is 3. The van der Waals surface area contributed by atoms with E-state index in [9.17, 15) is 18.3 Å². The number of hydrogen-bond acceptors (Lipinski definition) is 9. The third kappa shape index (κ3) is 5.45. The molecule has 1 aromatic rings. The second kappa shape index (κ2) is 8.82. The van der Waals surface area contributed by atoms with E-state index in [1.165, 1.54) is 23.5 Å². The van der Waals surface area contributed by atoms with Crippen molar-refractivity contribution >= 4 is 11.4 Å². The minimum Gasteiger partial charge on any atom is -0.482 e. The Morgan fingerprint density at radius 1 is 1.42 bits per heavy atom. The topological polar surface area (TPSA) is 119 Å². The van der Waals surface area contributed by atoms with Crippen molar-refractivity contribution in [3.8, 4) is 5.75 Å². The molecule has 12 heteroatoms. The van der Waals surface area contributed by atoms with E-state index >= 15 is 0 Å². The number of aliphatic hydroxyl groups excluding tert-OH is 1. The number of ether oxygens (including phenoxy) is 3. The van der Waals surface area contributed by atoms with Crippen LogP contribution < -0.4 is 21.2 Å². The zero-order valence-electron chi connectivity index (χ0n) is 18.5. The van der Waals surface area contributed by atoms with Crippen molar-refractivity contribution in [3.05, 3.63) is 24.2 Å². The molecule has 1 aromatic heterocycles. The van der Waals surface area contributed by atoms with E-state index in [-0.39, 0.29) is 41.3 Å². The van der Waals surface area contributed by atoms with Crippen LogP contribution in [0.3, 0.4) is 0 Å². The number of aromatic nitrogens is 1. The smallest absolute Gasteiger partial charge is 0.422 e. The minimum absolute atomic E-state index is 0.0179. The van der Waals surface area contributed by atoms with Crippen molar-refractivity contribution in [1.82, 2.24) is 9.99 Å². The highest BCUT2D eigenvalue weighted by Gasteiger charge is 2.46. The van der Waals surface area contributed by atoms with Gasteiger partial charge in [-0.05, 0) is 19.3 Å². The van der Waals surface area contributed by atoms with Crippen molar-refractivity contribution in [1.29, 1.82) is 0 Å². The molecular weight excluding hydrogens is 443 g/mol. The zero-order chi connectivity index (χ0) is 23.9. The molecule has 1 unspecified atom stereocenters. The van der Waals surface area contributed by atoms with Gasteiger partial charge in [0, 0.05) is 30.8 Å². The molecule has 9 nitrogen and oxygen atoms in total. The number of alkyl halides is 3. The highest BCUT2D eigenvalue weighted by molar-refractivity contribution is 5.67. The van der Waals surface area contributed by atoms with Crippen LogP contribution in [0, 0.1) is 5.41 Å². The first-order valence-electron chi connectivity index (χ1n) is 10.8. The number of hydrazine groups is 1. The van der Waals surface area contributed by atoms with Crippen LogP contribution in [0.25, 0.3) is 5.70 Å². The van der Waals surface area contributed by atoms with E-state index in [0.717, 1.165) is 19.3 Å². The second-order valence-electron chi connectivity index (χ2n) is 9.45. The summed E-state index contributed by atoms with van der Waals surface area (Å²) in [6.07, 6.45) is 0.863. The fraction of sp³-hybridized carbons (Fsp3) is 0.667. The molecular formula is C21H30F3N5O4. The van der Waals surface area contributed by atoms with Crippen molar-refractivity contribution in [2.24, 2.45) is 17.0 Å². The Morgan fingerprint density at radius 2 is 2.15 bits per heavy atom. The van der Waals surface area contributed by atoms with Crippen LogP contribution in [0.15, 0.2) is 18.5 Å². The molecule has 0 radical (unpaired) electrons. The SMILES string of the molecule is CC1(CO)CN(c2cnc(/C(N)=C/N(N)CC3OCC4(CCC4)O3)c(OCC(F)(F)F)c2)C1. The maximum Gasteiger partial charge on any atom is 0.422 e. The lowest BCUT2D eigenvalue weighted by Crippen LogP contribution is -2.56. The lowest BCUT2D eigenvalue weighted by atomic mass is 9.81. The molecule has 0 aromatic carbocycles. The molecule has 2 saturated heterocycles. The number of nitrogens with zero attached hydrogens (tertiary/aromatic N) is 3. The molecule has 184 valence electrons. The molecule has 3 heterocycles. The Bertz CT molecular complexity index is 887. The Hall–Kier alpha value is -2.28. The summed E-state index contributed by atoms with van der Waals surface area (Å²) in [5.41, 5.74) is 6.33. The van der Waals surface area contributed by atoms with Crippen LogP contribution in [0.2, 0.25) is 0 Å². The van der Waals surface area contributed by atoms with Crippen molar-refractivity contribution in [3.63, 3.8) is 0 Å². The van der Waals surface area contributed by atoms with Gasteiger partial charge in [0.1, 0.15) is 11.4 Å². The van der Waals surface area contributed by atoms with Gasteiger partial charge in [0.2, 0.25) is 0 Å². The molecule has 1 saturated carbocycles. The summed E-state index contributed by atoms with van der Waals surface area (Å²) in [5, 5.41) is 10.7. The van der Waals surface area contributed by atoms with Gasteiger partial charge >= 0.3 is 6.18 Å². The van der Waals surface area contributed by atoms with Crippen molar-refractivity contribution in [2.45, 2.75) is 44.3 Å². The number of anilines is 1. The molecule has 0 amide bonds. The highest BCUT2D eigenvalue weighted by atomic mass is 19.4.